The number of anilines is 7. The van der Waals surface area contributed by atoms with Crippen LogP contribution in [0.5, 0.6) is 0 Å². The van der Waals surface area contributed by atoms with Crippen LogP contribution in [0.1, 0.15) is 0 Å². The number of hydrogen-bond donors (Lipinski definition) is 0. The maximum Gasteiger partial charge on any atom is 0.137 e. The fraction of sp³-hybridized carbons (Fsp3) is 0.0208. The molecular weight excluding hydrogens is 665 g/mol. The third-order valence-corrected chi connectivity index (χ3v) is 11.1. The van der Waals surface area contributed by atoms with Crippen molar-refractivity contribution in [2.45, 2.75) is 9.79 Å². The molecule has 0 spiro atoms. The van der Waals surface area contributed by atoms with Crippen LogP contribution in [0.15, 0.2) is 204 Å². The number of pyridine rings is 1. The van der Waals surface area contributed by atoms with E-state index in [-0.39, 0.29) is 0 Å². The average molecular weight is 699 g/mol. The maximum atomic E-state index is 4.91. The number of nitrogens with zero attached hydrogens (tertiary/aromatic N) is 4. The molecule has 1 aromatic heterocycles. The summed E-state index contributed by atoms with van der Waals surface area (Å²) in [6.45, 7) is 0.750. The van der Waals surface area contributed by atoms with E-state index in [0.29, 0.717) is 0 Å². The molecule has 53 heavy (non-hydrogen) atoms. The summed E-state index contributed by atoms with van der Waals surface area (Å²) in [4.78, 5) is 14.4. The highest BCUT2D eigenvalue weighted by Crippen LogP contribution is 2.52. The summed E-state index contributed by atoms with van der Waals surface area (Å²) in [5.41, 5.74) is 14.2. The molecule has 2 aliphatic heterocycles. The fourth-order valence-electron chi connectivity index (χ4n) is 7.67. The van der Waals surface area contributed by atoms with E-state index in [0.717, 1.165) is 28.8 Å². The van der Waals surface area contributed by atoms with Gasteiger partial charge in [0.1, 0.15) is 12.5 Å². The minimum atomic E-state index is 0.750. The molecule has 0 aliphatic carbocycles. The van der Waals surface area contributed by atoms with Gasteiger partial charge in [0.25, 0.3) is 0 Å². The van der Waals surface area contributed by atoms with Gasteiger partial charge in [-0.1, -0.05) is 121 Å². The van der Waals surface area contributed by atoms with Crippen molar-refractivity contribution in [3.63, 3.8) is 0 Å². The zero-order valence-electron chi connectivity index (χ0n) is 28.9. The maximum absolute atomic E-state index is 4.91. The molecule has 0 radical (unpaired) electrons. The smallest absolute Gasteiger partial charge is 0.137 e. The summed E-state index contributed by atoms with van der Waals surface area (Å²) in [7, 11) is 0. The highest BCUT2D eigenvalue weighted by molar-refractivity contribution is 7.99. The quantitative estimate of drug-likeness (QED) is 0.172. The Morgan fingerprint density at radius 2 is 1.06 bits per heavy atom. The van der Waals surface area contributed by atoms with Gasteiger partial charge >= 0.3 is 0 Å². The Morgan fingerprint density at radius 3 is 1.83 bits per heavy atom. The molecule has 0 fully saturated rings. The van der Waals surface area contributed by atoms with Crippen LogP contribution >= 0.6 is 11.8 Å². The van der Waals surface area contributed by atoms with E-state index in [9.17, 15) is 0 Å². The molecule has 0 saturated heterocycles. The predicted octanol–water partition coefficient (Wildman–Crippen LogP) is 13.3. The summed E-state index contributed by atoms with van der Waals surface area (Å²) in [5.74, 6) is 0.884. The summed E-state index contributed by atoms with van der Waals surface area (Å²) in [6.07, 6.45) is 1.88. The molecule has 5 heteroatoms. The van der Waals surface area contributed by atoms with Crippen molar-refractivity contribution in [1.82, 2.24) is 4.98 Å². The molecule has 7 aromatic carbocycles. The van der Waals surface area contributed by atoms with Crippen LogP contribution in [-0.4, -0.2) is 11.7 Å². The van der Waals surface area contributed by atoms with Gasteiger partial charge < -0.3 is 9.80 Å². The zero-order valence-corrected chi connectivity index (χ0v) is 29.7. The lowest BCUT2D eigenvalue weighted by molar-refractivity contribution is 0.988. The highest BCUT2D eigenvalue weighted by Gasteiger charge is 2.29. The third kappa shape index (κ3) is 5.63. The van der Waals surface area contributed by atoms with E-state index in [1.165, 1.54) is 61.0 Å². The molecule has 0 amide bonds. The first kappa shape index (κ1) is 31.2. The first-order valence-corrected chi connectivity index (χ1v) is 18.7. The van der Waals surface area contributed by atoms with Crippen molar-refractivity contribution in [2.24, 2.45) is 0 Å². The predicted molar refractivity (Wildman–Crippen MR) is 221 cm³/mol. The van der Waals surface area contributed by atoms with Gasteiger partial charge in [-0.2, -0.15) is 0 Å². The molecule has 0 saturated carbocycles. The van der Waals surface area contributed by atoms with E-state index >= 15 is 0 Å². The van der Waals surface area contributed by atoms with Gasteiger partial charge in [-0.05, 0) is 101 Å². The minimum absolute atomic E-state index is 0.750. The normalized spacial score (nSPS) is 12.8. The topological polar surface area (TPSA) is 22.6 Å². The minimum Gasteiger partial charge on any atom is -0.321 e. The van der Waals surface area contributed by atoms with Crippen LogP contribution in [0.25, 0.3) is 33.4 Å². The molecular formula is C48H34N4S. The van der Waals surface area contributed by atoms with E-state index in [1.807, 2.05) is 12.3 Å². The van der Waals surface area contributed by atoms with Crippen molar-refractivity contribution >= 4 is 51.7 Å². The summed E-state index contributed by atoms with van der Waals surface area (Å²) < 4.78 is 0. The Bertz CT molecular complexity index is 2590. The zero-order chi connectivity index (χ0) is 35.1. The van der Waals surface area contributed by atoms with Gasteiger partial charge in [0, 0.05) is 38.5 Å². The molecule has 2 aliphatic rings. The Morgan fingerprint density at radius 1 is 0.396 bits per heavy atom. The van der Waals surface area contributed by atoms with E-state index in [2.05, 4.69) is 197 Å². The van der Waals surface area contributed by atoms with Crippen molar-refractivity contribution in [3.8, 4) is 33.4 Å². The van der Waals surface area contributed by atoms with Crippen molar-refractivity contribution in [1.29, 1.82) is 0 Å². The van der Waals surface area contributed by atoms with Crippen LogP contribution in [-0.2, 0) is 0 Å². The van der Waals surface area contributed by atoms with Crippen molar-refractivity contribution < 1.29 is 0 Å². The second-order valence-electron chi connectivity index (χ2n) is 13.3. The number of aromatic nitrogens is 1. The Hall–Kier alpha value is -6.56. The SMILES string of the molecule is c1ccc(-c2ccc3c(c2)-c2ccccc2-c2ccc(Sc4cccc(N5CN(c6ccccc6)c6ccccc65)c4)cc2N3c2ccccn2)cc1. The Kier molecular flexibility index (Phi) is 7.77. The standard InChI is InChI=1S/C48H34N4S/c1-3-14-34(15-4-1)35-25-28-44-43(30-35)41-21-8-7-20-40(41)42-27-26-39(32-47(42)52(44)48-24-11-12-29-49-48)53-38-19-13-18-37(31-38)51-33-50(36-16-5-2-6-17-36)45-22-9-10-23-46(45)51/h1-32H,33H2. The Balaban J connectivity index is 1.06. The fourth-order valence-corrected chi connectivity index (χ4v) is 8.58. The lowest BCUT2D eigenvalue weighted by Gasteiger charge is -2.27. The van der Waals surface area contributed by atoms with Gasteiger partial charge in [0.05, 0.1) is 22.7 Å². The van der Waals surface area contributed by atoms with E-state index in [4.69, 9.17) is 4.98 Å². The molecule has 0 N–H and O–H groups in total. The van der Waals surface area contributed by atoms with Crippen LogP contribution < -0.4 is 14.7 Å². The number of rotatable bonds is 6. The first-order chi connectivity index (χ1) is 26.3. The lowest BCUT2D eigenvalue weighted by Crippen LogP contribution is -2.23. The van der Waals surface area contributed by atoms with Crippen LogP contribution in [0.3, 0.4) is 0 Å². The molecule has 252 valence electrons. The Labute approximate surface area is 314 Å². The molecule has 10 rings (SSSR count). The third-order valence-electron chi connectivity index (χ3n) is 10.1. The number of benzene rings is 7. The second-order valence-corrected chi connectivity index (χ2v) is 14.4. The van der Waals surface area contributed by atoms with Gasteiger partial charge in [0.15, 0.2) is 0 Å². The van der Waals surface area contributed by atoms with Crippen molar-refractivity contribution in [3.05, 3.63) is 194 Å². The average Bonchev–Trinajstić information content (AvgIpc) is 3.57. The van der Waals surface area contributed by atoms with Gasteiger partial charge in [0.2, 0.25) is 0 Å². The summed E-state index contributed by atoms with van der Waals surface area (Å²) >= 11 is 1.79. The lowest BCUT2D eigenvalue weighted by atomic mass is 9.92. The largest absolute Gasteiger partial charge is 0.321 e. The van der Waals surface area contributed by atoms with Gasteiger partial charge in [-0.3, -0.25) is 4.90 Å². The first-order valence-electron chi connectivity index (χ1n) is 17.9. The second kappa shape index (κ2) is 13.2. The molecule has 4 nitrogen and oxygen atoms in total. The molecule has 0 atom stereocenters. The van der Waals surface area contributed by atoms with E-state index in [1.54, 1.807) is 11.8 Å². The summed E-state index contributed by atoms with van der Waals surface area (Å²) in [5, 5.41) is 0. The van der Waals surface area contributed by atoms with E-state index < -0.39 is 0 Å². The van der Waals surface area contributed by atoms with Crippen LogP contribution in [0.4, 0.5) is 39.9 Å². The molecule has 0 bridgehead atoms. The van der Waals surface area contributed by atoms with Crippen LogP contribution in [0, 0.1) is 0 Å². The summed E-state index contributed by atoms with van der Waals surface area (Å²) in [6, 6.07) is 67.5. The number of para-hydroxylation sites is 3. The molecule has 8 aromatic rings. The molecule has 3 heterocycles. The monoisotopic (exact) mass is 698 g/mol. The molecule has 0 unspecified atom stereocenters. The highest BCUT2D eigenvalue weighted by atomic mass is 32.2. The number of hydrogen-bond acceptors (Lipinski definition) is 5. The van der Waals surface area contributed by atoms with Gasteiger partial charge in [-0.15, -0.1) is 0 Å². The van der Waals surface area contributed by atoms with Crippen molar-refractivity contribution in [2.75, 3.05) is 21.4 Å². The number of fused-ring (bicyclic) bond motifs is 6. The van der Waals surface area contributed by atoms with Gasteiger partial charge in [-0.25, -0.2) is 4.98 Å². The van der Waals surface area contributed by atoms with Crippen LogP contribution in [0.2, 0.25) is 0 Å².